The normalized spacial score (nSPS) is 11.4. The Labute approximate surface area is 140 Å². The van der Waals surface area contributed by atoms with Gasteiger partial charge in [-0.1, -0.05) is 24.3 Å². The standard InChI is InChI=1S/C16H18ClNO4S/c1-22-15-4-2-3-13(11-19)16(15)12-5-7-14(8-6-12)23(20,21)18-10-9-17/h2-8,18-19H,9-11H2,1H3. The molecule has 0 radical (unpaired) electrons. The van der Waals surface area contributed by atoms with E-state index in [2.05, 4.69) is 4.72 Å². The Morgan fingerprint density at radius 1 is 1.17 bits per heavy atom. The highest BCUT2D eigenvalue weighted by Crippen LogP contribution is 2.33. The quantitative estimate of drug-likeness (QED) is 0.748. The molecular weight excluding hydrogens is 338 g/mol. The topological polar surface area (TPSA) is 75.6 Å². The third-order valence-corrected chi connectivity index (χ3v) is 5.01. The summed E-state index contributed by atoms with van der Waals surface area (Å²) in [4.78, 5) is 0.159. The molecule has 0 saturated heterocycles. The summed E-state index contributed by atoms with van der Waals surface area (Å²) in [6.07, 6.45) is 0. The number of sulfonamides is 1. The molecule has 124 valence electrons. The van der Waals surface area contributed by atoms with Gasteiger partial charge in [0.15, 0.2) is 0 Å². The monoisotopic (exact) mass is 355 g/mol. The number of halogens is 1. The first-order valence-corrected chi connectivity index (χ1v) is 8.98. The van der Waals surface area contributed by atoms with Crippen molar-refractivity contribution in [2.24, 2.45) is 0 Å². The van der Waals surface area contributed by atoms with Crippen LogP contribution in [0.3, 0.4) is 0 Å². The number of rotatable bonds is 7. The maximum absolute atomic E-state index is 12.1. The third kappa shape index (κ3) is 4.03. The fourth-order valence-corrected chi connectivity index (χ4v) is 3.50. The summed E-state index contributed by atoms with van der Waals surface area (Å²) in [6, 6.07) is 11.8. The molecule has 23 heavy (non-hydrogen) atoms. The van der Waals surface area contributed by atoms with Gasteiger partial charge in [0.25, 0.3) is 0 Å². The highest BCUT2D eigenvalue weighted by atomic mass is 35.5. The number of aliphatic hydroxyl groups excluding tert-OH is 1. The van der Waals surface area contributed by atoms with E-state index >= 15 is 0 Å². The van der Waals surface area contributed by atoms with Crippen LogP contribution in [-0.2, 0) is 16.6 Å². The first-order chi connectivity index (χ1) is 11.0. The second kappa shape index (κ2) is 7.79. The van der Waals surface area contributed by atoms with Gasteiger partial charge in [-0.15, -0.1) is 11.6 Å². The van der Waals surface area contributed by atoms with Crippen LogP contribution in [-0.4, -0.2) is 33.1 Å². The molecule has 5 nitrogen and oxygen atoms in total. The summed E-state index contributed by atoms with van der Waals surface area (Å²) in [6.45, 7) is 0.0384. The van der Waals surface area contributed by atoms with E-state index in [0.29, 0.717) is 11.3 Å². The zero-order valence-corrected chi connectivity index (χ0v) is 14.2. The Hall–Kier alpha value is -1.60. The van der Waals surface area contributed by atoms with E-state index in [1.54, 1.807) is 37.4 Å². The molecule has 0 atom stereocenters. The summed E-state index contributed by atoms with van der Waals surface area (Å²) in [7, 11) is -2.02. The molecule has 0 heterocycles. The van der Waals surface area contributed by atoms with E-state index in [0.717, 1.165) is 11.1 Å². The lowest BCUT2D eigenvalue weighted by molar-refractivity contribution is 0.281. The molecule has 0 aliphatic carbocycles. The molecule has 2 aromatic carbocycles. The number of ether oxygens (including phenoxy) is 1. The SMILES string of the molecule is COc1cccc(CO)c1-c1ccc(S(=O)(=O)NCCCl)cc1. The molecule has 0 unspecified atom stereocenters. The molecule has 0 aliphatic rings. The number of benzene rings is 2. The molecule has 0 bridgehead atoms. The number of aliphatic hydroxyl groups is 1. The molecule has 2 aromatic rings. The van der Waals surface area contributed by atoms with Crippen LogP contribution in [0, 0.1) is 0 Å². The van der Waals surface area contributed by atoms with Crippen molar-refractivity contribution in [2.75, 3.05) is 19.5 Å². The third-order valence-electron chi connectivity index (χ3n) is 3.34. The molecule has 0 aromatic heterocycles. The van der Waals surface area contributed by atoms with Gasteiger partial charge in [0.2, 0.25) is 10.0 Å². The fraction of sp³-hybridized carbons (Fsp3) is 0.250. The van der Waals surface area contributed by atoms with Gasteiger partial charge in [-0.3, -0.25) is 0 Å². The minimum atomic E-state index is -3.57. The number of hydrogen-bond donors (Lipinski definition) is 2. The van der Waals surface area contributed by atoms with E-state index in [9.17, 15) is 13.5 Å². The second-order valence-corrected chi connectivity index (χ2v) is 6.91. The Bertz CT molecular complexity index is 738. The molecule has 0 spiro atoms. The zero-order valence-electron chi connectivity index (χ0n) is 12.6. The van der Waals surface area contributed by atoms with E-state index in [1.165, 1.54) is 12.1 Å². The van der Waals surface area contributed by atoms with Gasteiger partial charge in [0.1, 0.15) is 5.75 Å². The highest BCUT2D eigenvalue weighted by molar-refractivity contribution is 7.89. The van der Waals surface area contributed by atoms with Crippen LogP contribution in [0.25, 0.3) is 11.1 Å². The lowest BCUT2D eigenvalue weighted by Crippen LogP contribution is -2.25. The van der Waals surface area contributed by atoms with Crippen molar-refractivity contribution in [1.29, 1.82) is 0 Å². The molecule has 0 amide bonds. The summed E-state index contributed by atoms with van der Waals surface area (Å²) in [5.41, 5.74) is 2.22. The van der Waals surface area contributed by atoms with E-state index < -0.39 is 10.0 Å². The van der Waals surface area contributed by atoms with Gasteiger partial charge in [0.05, 0.1) is 18.6 Å². The van der Waals surface area contributed by atoms with Crippen molar-refractivity contribution in [1.82, 2.24) is 4.72 Å². The molecule has 2 N–H and O–H groups in total. The number of nitrogens with one attached hydrogen (secondary N) is 1. The summed E-state index contributed by atoms with van der Waals surface area (Å²) >= 11 is 5.50. The summed E-state index contributed by atoms with van der Waals surface area (Å²) in [5.74, 6) is 0.825. The predicted molar refractivity (Wildman–Crippen MR) is 90.3 cm³/mol. The van der Waals surface area contributed by atoms with Crippen LogP contribution in [0.1, 0.15) is 5.56 Å². The van der Waals surface area contributed by atoms with Gasteiger partial charge < -0.3 is 9.84 Å². The first kappa shape index (κ1) is 17.7. The average Bonchev–Trinajstić information content (AvgIpc) is 2.59. The van der Waals surface area contributed by atoms with Crippen molar-refractivity contribution < 1.29 is 18.3 Å². The van der Waals surface area contributed by atoms with E-state index in [1.807, 2.05) is 0 Å². The van der Waals surface area contributed by atoms with Crippen molar-refractivity contribution in [2.45, 2.75) is 11.5 Å². The van der Waals surface area contributed by atoms with E-state index in [-0.39, 0.29) is 23.9 Å². The molecule has 0 saturated carbocycles. The first-order valence-electron chi connectivity index (χ1n) is 6.96. The lowest BCUT2D eigenvalue weighted by Gasteiger charge is -2.13. The minimum absolute atomic E-state index is 0.135. The van der Waals surface area contributed by atoms with E-state index in [4.69, 9.17) is 16.3 Å². The molecule has 0 aliphatic heterocycles. The molecule has 2 rings (SSSR count). The average molecular weight is 356 g/mol. The van der Waals surface area contributed by atoms with Crippen LogP contribution in [0.4, 0.5) is 0 Å². The number of hydrogen-bond acceptors (Lipinski definition) is 4. The lowest BCUT2D eigenvalue weighted by atomic mass is 9.99. The minimum Gasteiger partial charge on any atom is -0.496 e. The van der Waals surface area contributed by atoms with Gasteiger partial charge in [-0.05, 0) is 29.3 Å². The number of methoxy groups -OCH3 is 1. The van der Waals surface area contributed by atoms with Crippen LogP contribution >= 0.6 is 11.6 Å². The van der Waals surface area contributed by atoms with Gasteiger partial charge in [-0.25, -0.2) is 13.1 Å². The number of alkyl halides is 1. The van der Waals surface area contributed by atoms with Crippen LogP contribution < -0.4 is 9.46 Å². The van der Waals surface area contributed by atoms with Crippen LogP contribution in [0.5, 0.6) is 5.75 Å². The molecule has 7 heteroatoms. The van der Waals surface area contributed by atoms with Crippen molar-refractivity contribution in [3.8, 4) is 16.9 Å². The van der Waals surface area contributed by atoms with Crippen LogP contribution in [0.15, 0.2) is 47.4 Å². The fourth-order valence-electron chi connectivity index (χ4n) is 2.26. The second-order valence-electron chi connectivity index (χ2n) is 4.76. The Morgan fingerprint density at radius 3 is 2.43 bits per heavy atom. The zero-order chi connectivity index (χ0) is 16.9. The maximum atomic E-state index is 12.1. The largest absolute Gasteiger partial charge is 0.496 e. The van der Waals surface area contributed by atoms with Crippen molar-refractivity contribution >= 4 is 21.6 Å². The Morgan fingerprint density at radius 2 is 1.87 bits per heavy atom. The van der Waals surface area contributed by atoms with Gasteiger partial charge in [-0.2, -0.15) is 0 Å². The summed E-state index contributed by atoms with van der Waals surface area (Å²) < 4.78 is 31.8. The van der Waals surface area contributed by atoms with Crippen molar-refractivity contribution in [3.63, 3.8) is 0 Å². The maximum Gasteiger partial charge on any atom is 0.240 e. The predicted octanol–water partition coefficient (Wildman–Crippen LogP) is 2.37. The smallest absolute Gasteiger partial charge is 0.240 e. The van der Waals surface area contributed by atoms with Gasteiger partial charge in [0, 0.05) is 18.0 Å². The van der Waals surface area contributed by atoms with Crippen molar-refractivity contribution in [3.05, 3.63) is 48.0 Å². The van der Waals surface area contributed by atoms with Crippen LogP contribution in [0.2, 0.25) is 0 Å². The molecular formula is C16H18ClNO4S. The summed E-state index contributed by atoms with van der Waals surface area (Å²) in [5, 5.41) is 9.51. The highest BCUT2D eigenvalue weighted by Gasteiger charge is 2.15. The Balaban J connectivity index is 2.41. The Kier molecular flexibility index (Phi) is 6.01. The van der Waals surface area contributed by atoms with Gasteiger partial charge >= 0.3 is 0 Å². The molecule has 0 fully saturated rings.